The van der Waals surface area contributed by atoms with Crippen molar-refractivity contribution in [1.82, 2.24) is 25.0 Å². The summed E-state index contributed by atoms with van der Waals surface area (Å²) in [7, 11) is -3.74. The number of amides is 4. The van der Waals surface area contributed by atoms with Crippen molar-refractivity contribution < 1.29 is 32.3 Å². The maximum absolute atomic E-state index is 13.1. The van der Waals surface area contributed by atoms with Crippen molar-refractivity contribution in [2.24, 2.45) is 0 Å². The van der Waals surface area contributed by atoms with Gasteiger partial charge in [-0.3, -0.25) is 19.9 Å². The molecule has 0 spiro atoms. The van der Waals surface area contributed by atoms with Crippen LogP contribution in [0.2, 0.25) is 0 Å². The smallest absolute Gasteiger partial charge is 0.344 e. The number of rotatable bonds is 6. The monoisotopic (exact) mass is 495 g/mol. The molecule has 4 amide bonds. The molecule has 1 aromatic rings. The van der Waals surface area contributed by atoms with Crippen LogP contribution in [0.4, 0.5) is 4.79 Å². The highest BCUT2D eigenvalue weighted by Gasteiger charge is 2.47. The van der Waals surface area contributed by atoms with Crippen LogP contribution < -0.4 is 20.2 Å². The zero-order valence-corrected chi connectivity index (χ0v) is 20.0. The van der Waals surface area contributed by atoms with Crippen LogP contribution in [0.15, 0.2) is 23.1 Å². The molecular weight excluding hydrogens is 466 g/mol. The minimum Gasteiger partial charge on any atom is -0.490 e. The van der Waals surface area contributed by atoms with Crippen molar-refractivity contribution >= 4 is 27.9 Å². The molecule has 0 aromatic heterocycles. The largest absolute Gasteiger partial charge is 0.490 e. The summed E-state index contributed by atoms with van der Waals surface area (Å²) >= 11 is 0. The van der Waals surface area contributed by atoms with Gasteiger partial charge in [0.05, 0.1) is 24.7 Å². The molecule has 0 saturated carbocycles. The molecule has 12 nitrogen and oxygen atoms in total. The van der Waals surface area contributed by atoms with Gasteiger partial charge < -0.3 is 14.8 Å². The summed E-state index contributed by atoms with van der Waals surface area (Å²) in [5.41, 5.74) is 1.31. The Hall–Kier alpha value is -2.90. The second kappa shape index (κ2) is 9.39. The third-order valence-corrected chi connectivity index (χ3v) is 8.15. The highest BCUT2D eigenvalue weighted by molar-refractivity contribution is 7.89. The Morgan fingerprint density at radius 2 is 1.79 bits per heavy atom. The van der Waals surface area contributed by atoms with Crippen LogP contribution in [0.3, 0.4) is 0 Å². The van der Waals surface area contributed by atoms with E-state index in [0.29, 0.717) is 49.2 Å². The number of carbonyl (C=O) groups excluding carboxylic acids is 3. The number of imide groups is 1. The number of fused-ring (bicyclic) bond motifs is 1. The molecule has 0 radical (unpaired) electrons. The Morgan fingerprint density at radius 3 is 2.44 bits per heavy atom. The maximum atomic E-state index is 13.1. The molecule has 0 aliphatic carbocycles. The van der Waals surface area contributed by atoms with Gasteiger partial charge in [0.2, 0.25) is 10.0 Å². The average molecular weight is 496 g/mol. The molecular formula is C21H29N5O7S. The van der Waals surface area contributed by atoms with Gasteiger partial charge >= 0.3 is 6.03 Å². The van der Waals surface area contributed by atoms with E-state index in [0.717, 1.165) is 6.42 Å². The molecule has 0 unspecified atom stereocenters. The quantitative estimate of drug-likeness (QED) is 0.522. The van der Waals surface area contributed by atoms with Crippen LogP contribution >= 0.6 is 0 Å². The summed E-state index contributed by atoms with van der Waals surface area (Å²) in [6.07, 6.45) is 1.12. The molecule has 186 valence electrons. The summed E-state index contributed by atoms with van der Waals surface area (Å²) in [5.74, 6) is -0.104. The van der Waals surface area contributed by atoms with Crippen LogP contribution in [0.1, 0.15) is 26.7 Å². The Morgan fingerprint density at radius 1 is 1.12 bits per heavy atom. The first-order valence-corrected chi connectivity index (χ1v) is 12.7. The number of hydrogen-bond donors (Lipinski definition) is 2. The second-order valence-electron chi connectivity index (χ2n) is 8.63. The lowest BCUT2D eigenvalue weighted by Crippen LogP contribution is -2.54. The zero-order chi connectivity index (χ0) is 24.5. The minimum absolute atomic E-state index is 0.0716. The van der Waals surface area contributed by atoms with E-state index in [4.69, 9.17) is 9.47 Å². The van der Waals surface area contributed by atoms with Gasteiger partial charge in [-0.25, -0.2) is 13.2 Å². The molecule has 2 N–H and O–H groups in total. The first kappa shape index (κ1) is 24.2. The lowest BCUT2D eigenvalue weighted by molar-refractivity contribution is -0.139. The number of ether oxygens (including phenoxy) is 2. The summed E-state index contributed by atoms with van der Waals surface area (Å²) in [4.78, 5) is 38.8. The predicted molar refractivity (Wildman–Crippen MR) is 119 cm³/mol. The minimum atomic E-state index is -3.74. The average Bonchev–Trinajstić information content (AvgIpc) is 2.97. The second-order valence-corrected chi connectivity index (χ2v) is 10.6. The van der Waals surface area contributed by atoms with Gasteiger partial charge in [-0.15, -0.1) is 0 Å². The third kappa shape index (κ3) is 4.68. The van der Waals surface area contributed by atoms with E-state index in [1.807, 2.05) is 0 Å². The summed E-state index contributed by atoms with van der Waals surface area (Å²) in [6.45, 7) is 5.31. The Bertz CT molecular complexity index is 1090. The molecule has 3 heterocycles. The van der Waals surface area contributed by atoms with Crippen LogP contribution in [0.25, 0.3) is 0 Å². The topological polar surface area (TPSA) is 138 Å². The van der Waals surface area contributed by atoms with E-state index in [1.165, 1.54) is 16.4 Å². The van der Waals surface area contributed by atoms with Crippen molar-refractivity contribution in [3.8, 4) is 11.5 Å². The molecule has 0 bridgehead atoms. The number of urea groups is 1. The van der Waals surface area contributed by atoms with Crippen molar-refractivity contribution in [1.29, 1.82) is 0 Å². The lowest BCUT2D eigenvalue weighted by atomic mass is 10.00. The van der Waals surface area contributed by atoms with Crippen LogP contribution in [0.5, 0.6) is 11.5 Å². The summed E-state index contributed by atoms with van der Waals surface area (Å²) in [6, 6.07) is 3.92. The zero-order valence-electron chi connectivity index (χ0n) is 19.2. The van der Waals surface area contributed by atoms with Gasteiger partial charge in [0.25, 0.3) is 11.8 Å². The molecule has 4 rings (SSSR count). The molecule has 1 aromatic carbocycles. The molecule has 3 aliphatic rings. The Labute approximate surface area is 198 Å². The van der Waals surface area contributed by atoms with Gasteiger partial charge in [0.1, 0.15) is 5.54 Å². The number of carbonyl (C=O) groups is 3. The molecule has 2 saturated heterocycles. The van der Waals surface area contributed by atoms with E-state index >= 15 is 0 Å². The molecule has 1 atom stereocenters. The number of sulfonamides is 1. The van der Waals surface area contributed by atoms with E-state index < -0.39 is 33.4 Å². The van der Waals surface area contributed by atoms with Crippen LogP contribution in [-0.2, 0) is 19.6 Å². The summed E-state index contributed by atoms with van der Waals surface area (Å²) < 4.78 is 38.8. The standard InChI is InChI=1S/C21H29N5O7S/c1-3-21(2)19(28)26(20(29)22-21)23-18(27)14-24-7-9-25(10-8-24)34(30,31)15-5-6-16-17(13-15)33-12-4-11-32-16/h5-6,13H,3-4,7-12,14H2,1-2H3,(H,22,29)(H,23,27)/t21-/m0/s1. The number of hydrazine groups is 1. The van der Waals surface area contributed by atoms with Gasteiger partial charge in [-0.2, -0.15) is 9.31 Å². The SMILES string of the molecule is CC[C@]1(C)NC(=O)N(NC(=O)CN2CCN(S(=O)(=O)c3ccc4c(c3)OCCCO4)CC2)C1=O. The van der Waals surface area contributed by atoms with Gasteiger partial charge in [0.15, 0.2) is 11.5 Å². The van der Waals surface area contributed by atoms with E-state index in [9.17, 15) is 22.8 Å². The predicted octanol–water partition coefficient (Wildman–Crippen LogP) is -0.0941. The Balaban J connectivity index is 1.33. The highest BCUT2D eigenvalue weighted by atomic mass is 32.2. The number of benzene rings is 1. The fraction of sp³-hybridized carbons (Fsp3) is 0.571. The van der Waals surface area contributed by atoms with Crippen LogP contribution in [0, 0.1) is 0 Å². The summed E-state index contributed by atoms with van der Waals surface area (Å²) in [5, 5.41) is 3.27. The Kier molecular flexibility index (Phi) is 6.69. The number of hydrogen-bond acceptors (Lipinski definition) is 8. The van der Waals surface area contributed by atoms with Crippen molar-refractivity contribution in [2.75, 3.05) is 45.9 Å². The number of nitrogens with one attached hydrogen (secondary N) is 2. The number of piperazine rings is 1. The third-order valence-electron chi connectivity index (χ3n) is 6.26. The fourth-order valence-electron chi connectivity index (χ4n) is 3.97. The molecule has 13 heteroatoms. The first-order valence-electron chi connectivity index (χ1n) is 11.2. The first-order chi connectivity index (χ1) is 16.1. The normalized spacial score (nSPS) is 24.0. The van der Waals surface area contributed by atoms with Crippen molar-refractivity contribution in [2.45, 2.75) is 37.1 Å². The van der Waals surface area contributed by atoms with E-state index in [1.54, 1.807) is 24.8 Å². The van der Waals surface area contributed by atoms with Gasteiger partial charge in [0, 0.05) is 38.7 Å². The molecule has 2 fully saturated rings. The maximum Gasteiger partial charge on any atom is 0.344 e. The van der Waals surface area contributed by atoms with Gasteiger partial charge in [-0.1, -0.05) is 6.92 Å². The number of nitrogens with zero attached hydrogens (tertiary/aromatic N) is 3. The fourth-order valence-corrected chi connectivity index (χ4v) is 5.41. The highest BCUT2D eigenvalue weighted by Crippen LogP contribution is 2.33. The van der Waals surface area contributed by atoms with E-state index in [-0.39, 0.29) is 24.5 Å². The van der Waals surface area contributed by atoms with E-state index in [2.05, 4.69) is 10.7 Å². The van der Waals surface area contributed by atoms with Crippen LogP contribution in [-0.4, -0.2) is 92.0 Å². The lowest BCUT2D eigenvalue weighted by Gasteiger charge is -2.33. The van der Waals surface area contributed by atoms with Crippen molar-refractivity contribution in [3.63, 3.8) is 0 Å². The molecule has 34 heavy (non-hydrogen) atoms. The van der Waals surface area contributed by atoms with Crippen molar-refractivity contribution in [3.05, 3.63) is 18.2 Å². The molecule has 3 aliphatic heterocycles. The van der Waals surface area contributed by atoms with Gasteiger partial charge in [-0.05, 0) is 25.5 Å².